The van der Waals surface area contributed by atoms with E-state index < -0.39 is 0 Å². The van der Waals surface area contributed by atoms with Gasteiger partial charge in [-0.1, -0.05) is 141 Å². The van der Waals surface area contributed by atoms with E-state index in [1.807, 2.05) is 29.5 Å². The van der Waals surface area contributed by atoms with E-state index in [9.17, 15) is 0 Å². The molecule has 0 amide bonds. The van der Waals surface area contributed by atoms with Gasteiger partial charge in [-0.2, -0.15) is 0 Å². The van der Waals surface area contributed by atoms with Gasteiger partial charge in [0.15, 0.2) is 0 Å². The quantitative estimate of drug-likeness (QED) is 0.179. The fourth-order valence-electron chi connectivity index (χ4n) is 6.84. The molecule has 0 aliphatic heterocycles. The SMILES string of the molecule is CC1(C)c2ccccc2-c2cc(/C(=C/c3cccc(Cl)c3)c3cccc4c3sc3c(-c5ccccc5)cccc34)ccc21. The Labute approximate surface area is 261 Å². The second-order valence-electron chi connectivity index (χ2n) is 11.9. The predicted molar refractivity (Wildman–Crippen MR) is 187 cm³/mol. The van der Waals surface area contributed by atoms with Crippen LogP contribution in [0.15, 0.2) is 133 Å². The third-order valence-electron chi connectivity index (χ3n) is 8.95. The van der Waals surface area contributed by atoms with Crippen molar-refractivity contribution in [3.8, 4) is 22.3 Å². The van der Waals surface area contributed by atoms with Crippen LogP contribution in [0.2, 0.25) is 5.02 Å². The molecule has 1 heterocycles. The van der Waals surface area contributed by atoms with E-state index >= 15 is 0 Å². The second-order valence-corrected chi connectivity index (χ2v) is 13.3. The molecule has 1 aliphatic carbocycles. The van der Waals surface area contributed by atoms with Gasteiger partial charge in [-0.05, 0) is 74.4 Å². The molecule has 2 heteroatoms. The highest BCUT2D eigenvalue weighted by atomic mass is 35.5. The lowest BCUT2D eigenvalue weighted by Crippen LogP contribution is -2.14. The lowest BCUT2D eigenvalue weighted by Gasteiger charge is -2.21. The highest BCUT2D eigenvalue weighted by Gasteiger charge is 2.35. The smallest absolute Gasteiger partial charge is 0.0434 e. The average molecular weight is 589 g/mol. The Kier molecular flexibility index (Phi) is 6.15. The second kappa shape index (κ2) is 10.1. The number of benzene rings is 6. The molecule has 0 bridgehead atoms. The summed E-state index contributed by atoms with van der Waals surface area (Å²) in [4.78, 5) is 0. The molecule has 43 heavy (non-hydrogen) atoms. The molecule has 206 valence electrons. The monoisotopic (exact) mass is 588 g/mol. The van der Waals surface area contributed by atoms with Crippen LogP contribution in [0.4, 0.5) is 0 Å². The van der Waals surface area contributed by atoms with Crippen molar-refractivity contribution in [1.82, 2.24) is 0 Å². The van der Waals surface area contributed by atoms with Crippen LogP contribution < -0.4 is 0 Å². The van der Waals surface area contributed by atoms with Gasteiger partial charge >= 0.3 is 0 Å². The van der Waals surface area contributed by atoms with Crippen LogP contribution >= 0.6 is 22.9 Å². The molecule has 0 unspecified atom stereocenters. The molecule has 0 atom stereocenters. The first-order valence-electron chi connectivity index (χ1n) is 14.7. The number of halogens is 1. The van der Waals surface area contributed by atoms with E-state index in [4.69, 9.17) is 11.6 Å². The molecule has 0 N–H and O–H groups in total. The number of fused-ring (bicyclic) bond motifs is 6. The topological polar surface area (TPSA) is 0 Å². The van der Waals surface area contributed by atoms with Crippen molar-refractivity contribution in [2.45, 2.75) is 19.3 Å². The lowest BCUT2D eigenvalue weighted by atomic mass is 9.82. The van der Waals surface area contributed by atoms with Gasteiger partial charge in [0.1, 0.15) is 0 Å². The summed E-state index contributed by atoms with van der Waals surface area (Å²) in [6, 6.07) is 48.2. The molecule has 0 fully saturated rings. The normalized spacial score (nSPS) is 13.8. The van der Waals surface area contributed by atoms with Gasteiger partial charge in [0, 0.05) is 36.2 Å². The van der Waals surface area contributed by atoms with Gasteiger partial charge in [0.25, 0.3) is 0 Å². The summed E-state index contributed by atoms with van der Waals surface area (Å²) < 4.78 is 2.62. The Balaban J connectivity index is 1.39. The Morgan fingerprint density at radius 2 is 1.30 bits per heavy atom. The number of hydrogen-bond donors (Lipinski definition) is 0. The van der Waals surface area contributed by atoms with Crippen LogP contribution in [-0.2, 0) is 5.41 Å². The van der Waals surface area contributed by atoms with Crippen molar-refractivity contribution < 1.29 is 0 Å². The van der Waals surface area contributed by atoms with Gasteiger partial charge in [-0.3, -0.25) is 0 Å². The maximum atomic E-state index is 6.48. The van der Waals surface area contributed by atoms with Crippen molar-refractivity contribution in [1.29, 1.82) is 0 Å². The zero-order valence-electron chi connectivity index (χ0n) is 24.1. The van der Waals surface area contributed by atoms with Crippen molar-refractivity contribution in [2.24, 2.45) is 0 Å². The van der Waals surface area contributed by atoms with Crippen LogP contribution in [0.1, 0.15) is 41.7 Å². The summed E-state index contributed by atoms with van der Waals surface area (Å²) in [7, 11) is 0. The van der Waals surface area contributed by atoms with Crippen LogP contribution in [0.5, 0.6) is 0 Å². The number of hydrogen-bond acceptors (Lipinski definition) is 1. The fourth-order valence-corrected chi connectivity index (χ4v) is 8.41. The molecule has 7 aromatic rings. The van der Waals surface area contributed by atoms with Crippen molar-refractivity contribution in [2.75, 3.05) is 0 Å². The standard InChI is InChI=1S/C41H29ClS/c1-41(2)37-20-7-6-15-31(37)36-25-28(21-22-38(36)41)35(24-26-11-8-14-29(42)23-26)34-19-10-18-33-32-17-9-16-30(39(32)43-40(33)34)27-12-4-3-5-13-27/h3-25H,1-2H3/b35-24-. The third kappa shape index (κ3) is 4.27. The van der Waals surface area contributed by atoms with Gasteiger partial charge in [0.05, 0.1) is 0 Å². The molecule has 8 rings (SSSR count). The maximum Gasteiger partial charge on any atom is 0.0434 e. The van der Waals surface area contributed by atoms with Crippen LogP contribution in [-0.4, -0.2) is 0 Å². The molecule has 6 aromatic carbocycles. The molecule has 1 aliphatic rings. The van der Waals surface area contributed by atoms with E-state index in [0.717, 1.165) is 10.6 Å². The van der Waals surface area contributed by atoms with Gasteiger partial charge < -0.3 is 0 Å². The minimum absolute atomic E-state index is 0.0272. The van der Waals surface area contributed by atoms with Crippen LogP contribution in [0, 0.1) is 0 Å². The fraction of sp³-hybridized carbons (Fsp3) is 0.0732. The minimum Gasteiger partial charge on any atom is -0.134 e. The Bertz CT molecular complexity index is 2210. The summed E-state index contributed by atoms with van der Waals surface area (Å²) in [6.45, 7) is 4.67. The minimum atomic E-state index is -0.0272. The van der Waals surface area contributed by atoms with E-state index in [1.54, 1.807) is 0 Å². The summed E-state index contributed by atoms with van der Waals surface area (Å²) >= 11 is 8.37. The highest BCUT2D eigenvalue weighted by Crippen LogP contribution is 2.50. The molecule has 0 radical (unpaired) electrons. The van der Waals surface area contributed by atoms with Crippen LogP contribution in [0.25, 0.3) is 54.1 Å². The first kappa shape index (κ1) is 26.2. The van der Waals surface area contributed by atoms with E-state index in [2.05, 4.69) is 135 Å². The molecular weight excluding hydrogens is 560 g/mol. The molecule has 0 spiro atoms. The predicted octanol–water partition coefficient (Wildman–Crippen LogP) is 12.3. The zero-order chi connectivity index (χ0) is 29.1. The van der Waals surface area contributed by atoms with E-state index in [1.165, 1.54) is 70.3 Å². The van der Waals surface area contributed by atoms with Gasteiger partial charge in [0.2, 0.25) is 0 Å². The van der Waals surface area contributed by atoms with Crippen molar-refractivity contribution >= 4 is 54.8 Å². The Morgan fingerprint density at radius 3 is 2.14 bits per heavy atom. The lowest BCUT2D eigenvalue weighted by molar-refractivity contribution is 0.660. The summed E-state index contributed by atoms with van der Waals surface area (Å²) in [6.07, 6.45) is 2.30. The van der Waals surface area contributed by atoms with Gasteiger partial charge in [-0.25, -0.2) is 0 Å². The first-order chi connectivity index (χ1) is 21.0. The van der Waals surface area contributed by atoms with Crippen molar-refractivity contribution in [3.63, 3.8) is 0 Å². The zero-order valence-corrected chi connectivity index (χ0v) is 25.6. The van der Waals surface area contributed by atoms with Crippen molar-refractivity contribution in [3.05, 3.63) is 166 Å². The summed E-state index contributed by atoms with van der Waals surface area (Å²) in [5.74, 6) is 0. The molecule has 1 aromatic heterocycles. The number of thiophene rings is 1. The average Bonchev–Trinajstić information content (AvgIpc) is 3.53. The van der Waals surface area contributed by atoms with E-state index in [0.29, 0.717) is 0 Å². The molecular formula is C41H29ClS. The number of rotatable bonds is 4. The molecule has 0 saturated carbocycles. The molecule has 0 nitrogen and oxygen atoms in total. The largest absolute Gasteiger partial charge is 0.134 e. The summed E-state index contributed by atoms with van der Waals surface area (Å²) in [5.41, 5.74) is 12.7. The first-order valence-corrected chi connectivity index (χ1v) is 15.9. The third-order valence-corrected chi connectivity index (χ3v) is 10.5. The summed E-state index contributed by atoms with van der Waals surface area (Å²) in [5, 5.41) is 3.33. The van der Waals surface area contributed by atoms with Gasteiger partial charge in [-0.15, -0.1) is 11.3 Å². The molecule has 0 saturated heterocycles. The Morgan fingerprint density at radius 1 is 0.605 bits per heavy atom. The van der Waals surface area contributed by atoms with E-state index in [-0.39, 0.29) is 5.41 Å². The van der Waals surface area contributed by atoms with Crippen LogP contribution in [0.3, 0.4) is 0 Å². The highest BCUT2D eigenvalue weighted by molar-refractivity contribution is 7.26. The Hall–Kier alpha value is -4.43. The maximum absolute atomic E-state index is 6.48.